The van der Waals surface area contributed by atoms with Crippen molar-refractivity contribution in [1.82, 2.24) is 0 Å². The van der Waals surface area contributed by atoms with Gasteiger partial charge in [0.15, 0.2) is 5.43 Å². The van der Waals surface area contributed by atoms with Crippen LogP contribution in [0.2, 0.25) is 0 Å². The van der Waals surface area contributed by atoms with Gasteiger partial charge in [-0.1, -0.05) is 30.3 Å². The Morgan fingerprint density at radius 1 is 1.04 bits per heavy atom. The van der Waals surface area contributed by atoms with Gasteiger partial charge in [0.1, 0.15) is 41.7 Å². The number of furan rings is 1. The number of hydrogen-bond acceptors (Lipinski definition) is 6. The lowest BCUT2D eigenvalue weighted by Crippen LogP contribution is -2.21. The molecule has 0 aliphatic carbocycles. The normalized spacial score (nSPS) is 10.8. The maximum atomic E-state index is 12.7. The van der Waals surface area contributed by atoms with Crippen LogP contribution in [0.4, 0.5) is 0 Å². The molecule has 0 aliphatic rings. The highest BCUT2D eigenvalue weighted by Gasteiger charge is 2.10. The van der Waals surface area contributed by atoms with Gasteiger partial charge in [-0.05, 0) is 29.8 Å². The van der Waals surface area contributed by atoms with E-state index in [1.165, 1.54) is 18.4 Å². The molecule has 0 amide bonds. The molecule has 6 nitrogen and oxygen atoms in total. The summed E-state index contributed by atoms with van der Waals surface area (Å²) >= 11 is 0. The number of carboxylic acids is 1. The summed E-state index contributed by atoms with van der Waals surface area (Å²) in [6, 6.07) is 17.0. The number of carbonyl (C=O) groups is 1. The van der Waals surface area contributed by atoms with Gasteiger partial charge in [0, 0.05) is 6.07 Å². The van der Waals surface area contributed by atoms with Gasteiger partial charge in [-0.25, -0.2) is 0 Å². The molecule has 0 unspecified atom stereocenters. The van der Waals surface area contributed by atoms with Crippen molar-refractivity contribution in [2.24, 2.45) is 0 Å². The first kappa shape index (κ1) is 16.7. The van der Waals surface area contributed by atoms with E-state index in [4.69, 9.17) is 13.6 Å². The third-order valence-electron chi connectivity index (χ3n) is 4.07. The highest BCUT2D eigenvalue weighted by molar-refractivity contribution is 5.83. The van der Waals surface area contributed by atoms with Gasteiger partial charge in [0.05, 0.1) is 10.9 Å². The highest BCUT2D eigenvalue weighted by atomic mass is 16.5. The smallest absolute Gasteiger partial charge is 0.200 e. The van der Waals surface area contributed by atoms with E-state index in [-0.39, 0.29) is 17.8 Å². The minimum Gasteiger partial charge on any atom is -0.542 e. The van der Waals surface area contributed by atoms with Crippen LogP contribution in [0.25, 0.3) is 22.1 Å². The first-order valence-corrected chi connectivity index (χ1v) is 8.15. The number of rotatable bonds is 5. The lowest BCUT2D eigenvalue weighted by Gasteiger charge is -2.06. The third-order valence-corrected chi connectivity index (χ3v) is 4.07. The summed E-state index contributed by atoms with van der Waals surface area (Å²) in [6.07, 6.45) is 1.43. The number of hydrogen-bond donors (Lipinski definition) is 0. The average molecular weight is 361 g/mol. The molecule has 0 atom stereocenters. The van der Waals surface area contributed by atoms with Crippen LogP contribution in [0, 0.1) is 0 Å². The van der Waals surface area contributed by atoms with Gasteiger partial charge in [0.2, 0.25) is 0 Å². The summed E-state index contributed by atoms with van der Waals surface area (Å²) in [5.74, 6) is -0.839. The zero-order valence-corrected chi connectivity index (χ0v) is 14.0. The molecule has 6 heteroatoms. The van der Waals surface area contributed by atoms with Crippen LogP contribution in [0.1, 0.15) is 16.3 Å². The second-order valence-corrected chi connectivity index (χ2v) is 5.84. The van der Waals surface area contributed by atoms with E-state index < -0.39 is 5.97 Å². The predicted octanol–water partition coefficient (Wildman–Crippen LogP) is 3.00. The predicted molar refractivity (Wildman–Crippen MR) is 95.3 cm³/mol. The summed E-state index contributed by atoms with van der Waals surface area (Å²) < 4.78 is 16.3. The molecular formula is C21H13O6-. The van der Waals surface area contributed by atoms with Crippen molar-refractivity contribution in [2.45, 2.75) is 6.61 Å². The Labute approximate surface area is 153 Å². The zero-order chi connectivity index (χ0) is 18.8. The maximum absolute atomic E-state index is 12.7. The van der Waals surface area contributed by atoms with Crippen molar-refractivity contribution in [3.8, 4) is 16.9 Å². The van der Waals surface area contributed by atoms with Gasteiger partial charge in [-0.2, -0.15) is 0 Å². The molecule has 0 spiro atoms. The summed E-state index contributed by atoms with van der Waals surface area (Å²) in [7, 11) is 0. The molecule has 0 N–H and O–H groups in total. The Bertz CT molecular complexity index is 1170. The van der Waals surface area contributed by atoms with E-state index in [9.17, 15) is 14.7 Å². The lowest BCUT2D eigenvalue weighted by molar-refractivity contribution is -0.257. The Morgan fingerprint density at radius 3 is 2.59 bits per heavy atom. The van der Waals surface area contributed by atoms with Crippen LogP contribution in [0.3, 0.4) is 0 Å². The van der Waals surface area contributed by atoms with Crippen LogP contribution in [-0.4, -0.2) is 5.97 Å². The number of aromatic carboxylic acids is 1. The van der Waals surface area contributed by atoms with Gasteiger partial charge in [-0.15, -0.1) is 0 Å². The highest BCUT2D eigenvalue weighted by Crippen LogP contribution is 2.23. The fourth-order valence-corrected chi connectivity index (χ4v) is 2.74. The quantitative estimate of drug-likeness (QED) is 0.542. The monoisotopic (exact) mass is 361 g/mol. The fourth-order valence-electron chi connectivity index (χ4n) is 2.74. The molecule has 27 heavy (non-hydrogen) atoms. The topological polar surface area (TPSA) is 92.7 Å². The van der Waals surface area contributed by atoms with E-state index >= 15 is 0 Å². The van der Waals surface area contributed by atoms with Crippen LogP contribution in [-0.2, 0) is 6.61 Å². The van der Waals surface area contributed by atoms with Gasteiger partial charge in [-0.3, -0.25) is 4.79 Å². The SMILES string of the molecule is O=C([O-])c1ccc(COc2ccc3c(=O)c(-c4ccccc4)coc3c2)o1. The van der Waals surface area contributed by atoms with Gasteiger partial charge in [0.25, 0.3) is 0 Å². The number of ether oxygens (including phenoxy) is 1. The number of benzene rings is 2. The molecule has 2 heterocycles. The zero-order valence-electron chi connectivity index (χ0n) is 14.0. The van der Waals surface area contributed by atoms with Crippen molar-refractivity contribution in [1.29, 1.82) is 0 Å². The van der Waals surface area contributed by atoms with Crippen molar-refractivity contribution in [2.75, 3.05) is 0 Å². The minimum absolute atomic E-state index is 0.0329. The van der Waals surface area contributed by atoms with Crippen LogP contribution in [0.15, 0.2) is 80.6 Å². The van der Waals surface area contributed by atoms with Crippen LogP contribution >= 0.6 is 0 Å². The molecule has 0 saturated heterocycles. The Kier molecular flexibility index (Phi) is 4.22. The molecule has 0 bridgehead atoms. The molecule has 0 saturated carbocycles. The fraction of sp³-hybridized carbons (Fsp3) is 0.0476. The van der Waals surface area contributed by atoms with Crippen molar-refractivity contribution < 1.29 is 23.5 Å². The number of fused-ring (bicyclic) bond motifs is 1. The van der Waals surface area contributed by atoms with E-state index in [1.54, 1.807) is 18.2 Å². The first-order chi connectivity index (χ1) is 13.1. The summed E-state index contributed by atoms with van der Waals surface area (Å²) in [5.41, 5.74) is 1.54. The van der Waals surface area contributed by atoms with E-state index in [2.05, 4.69) is 0 Å². The average Bonchev–Trinajstić information content (AvgIpc) is 3.17. The van der Waals surface area contributed by atoms with Crippen molar-refractivity contribution in [3.05, 3.63) is 88.7 Å². The molecule has 0 radical (unpaired) electrons. The maximum Gasteiger partial charge on any atom is 0.200 e. The summed E-state index contributed by atoms with van der Waals surface area (Å²) in [6.45, 7) is 0.0329. The lowest BCUT2D eigenvalue weighted by atomic mass is 10.1. The molecule has 4 rings (SSSR count). The Morgan fingerprint density at radius 2 is 1.85 bits per heavy atom. The molecule has 2 aromatic heterocycles. The van der Waals surface area contributed by atoms with E-state index in [0.29, 0.717) is 28.0 Å². The molecule has 4 aromatic rings. The second kappa shape index (κ2) is 6.84. The van der Waals surface area contributed by atoms with Crippen molar-refractivity contribution >= 4 is 16.9 Å². The summed E-state index contributed by atoms with van der Waals surface area (Å²) in [5, 5.41) is 11.2. The Balaban J connectivity index is 1.59. The standard InChI is InChI=1S/C21H14O6/c22-20-16-8-6-14(25-11-15-7-9-18(27-15)21(23)24)10-19(16)26-12-17(20)13-4-2-1-3-5-13/h1-10,12H,11H2,(H,23,24)/p-1. The van der Waals surface area contributed by atoms with Crippen molar-refractivity contribution in [3.63, 3.8) is 0 Å². The van der Waals surface area contributed by atoms with Gasteiger partial charge < -0.3 is 23.5 Å². The molecular weight excluding hydrogens is 348 g/mol. The van der Waals surface area contributed by atoms with E-state index in [1.807, 2.05) is 30.3 Å². The third kappa shape index (κ3) is 3.32. The van der Waals surface area contributed by atoms with Gasteiger partial charge >= 0.3 is 0 Å². The minimum atomic E-state index is -1.39. The largest absolute Gasteiger partial charge is 0.542 e. The molecule has 2 aromatic carbocycles. The van der Waals surface area contributed by atoms with Crippen LogP contribution < -0.4 is 15.3 Å². The Hall–Kier alpha value is -3.80. The second-order valence-electron chi connectivity index (χ2n) is 5.84. The number of carboxylic acid groups (broad SMARTS) is 1. The molecule has 134 valence electrons. The van der Waals surface area contributed by atoms with E-state index in [0.717, 1.165) is 5.56 Å². The first-order valence-electron chi connectivity index (χ1n) is 8.15. The molecule has 0 aliphatic heterocycles. The summed E-state index contributed by atoms with van der Waals surface area (Å²) in [4.78, 5) is 23.4. The number of carbonyl (C=O) groups excluding carboxylic acids is 1. The van der Waals surface area contributed by atoms with Crippen LogP contribution in [0.5, 0.6) is 5.75 Å². The molecule has 0 fully saturated rings.